The normalized spacial score (nSPS) is 15.2. The number of rotatable bonds is 4. The van der Waals surface area contributed by atoms with Crippen LogP contribution in [0.15, 0.2) is 214 Å². The maximum Gasteiger partial charge on any atom is 0.181 e. The fraction of sp³-hybridized carbons (Fsp3) is 0.0204. The summed E-state index contributed by atoms with van der Waals surface area (Å²) in [5.74, 6) is 0. The quantitative estimate of drug-likeness (QED) is 0.179. The van der Waals surface area contributed by atoms with Crippen LogP contribution in [0.5, 0.6) is 0 Å². The smallest absolute Gasteiger partial charge is 0.0903 e. The molecule has 0 nitrogen and oxygen atoms in total. The Hall–Kier alpha value is -5.11. The first-order valence-corrected chi connectivity index (χ1v) is 24.0. The molecule has 8 aromatic rings. The summed E-state index contributed by atoms with van der Waals surface area (Å²) < 4.78 is 0. The highest BCUT2D eigenvalue weighted by Gasteiger charge is 2.49. The number of hydrogen-bond acceptors (Lipinski definition) is 2. The molecule has 0 spiro atoms. The molecule has 53 heavy (non-hydrogen) atoms. The van der Waals surface area contributed by atoms with E-state index in [1.54, 1.807) is 0 Å². The molecule has 2 aliphatic heterocycles. The Morgan fingerprint density at radius 2 is 0.623 bits per heavy atom. The minimum absolute atomic E-state index is 0.969. The summed E-state index contributed by atoms with van der Waals surface area (Å²) in [6.45, 7) is 0. The van der Waals surface area contributed by atoms with E-state index < -0.39 is 16.1 Å². The summed E-state index contributed by atoms with van der Waals surface area (Å²) in [6, 6.07) is 74.8. The molecule has 0 unspecified atom stereocenters. The molecule has 0 fully saturated rings. The standard InChI is InChI=1S/C49H34S2Si2/c1-3-15-36(16-4-1)52(46-23-11-7-19-42(46)50-43-20-8-12-24-47(43)52)38-29-27-34-31-35-28-30-39(33-41(35)40(34)32-38)53(37-17-5-2-6-18-37)48-25-13-9-21-44(48)51-45-22-10-14-26-49(45)53/h1-30,32-33H,31H2. The lowest BCUT2D eigenvalue weighted by molar-refractivity contribution is 1.27. The van der Waals surface area contributed by atoms with E-state index in [2.05, 4.69) is 194 Å². The molecule has 0 saturated heterocycles. The largest absolute Gasteiger partial charge is 0.181 e. The molecule has 0 saturated carbocycles. The van der Waals surface area contributed by atoms with Crippen LogP contribution >= 0.6 is 23.5 Å². The molecule has 0 bridgehead atoms. The van der Waals surface area contributed by atoms with Crippen LogP contribution in [0.25, 0.3) is 11.1 Å². The van der Waals surface area contributed by atoms with Crippen molar-refractivity contribution in [2.24, 2.45) is 0 Å². The summed E-state index contributed by atoms with van der Waals surface area (Å²) >= 11 is 3.86. The van der Waals surface area contributed by atoms with Gasteiger partial charge < -0.3 is 0 Å². The highest BCUT2D eigenvalue weighted by molar-refractivity contribution is 8.00. The average Bonchev–Trinajstić information content (AvgIpc) is 3.60. The third kappa shape index (κ3) is 4.50. The van der Waals surface area contributed by atoms with Gasteiger partial charge in [0, 0.05) is 19.6 Å². The summed E-state index contributed by atoms with van der Waals surface area (Å²) in [7, 11) is -5.33. The van der Waals surface area contributed by atoms with Crippen LogP contribution in [0.2, 0.25) is 0 Å². The first kappa shape index (κ1) is 31.4. The van der Waals surface area contributed by atoms with E-state index in [1.807, 2.05) is 23.5 Å². The van der Waals surface area contributed by atoms with Crippen molar-refractivity contribution in [1.29, 1.82) is 0 Å². The van der Waals surface area contributed by atoms with E-state index >= 15 is 0 Å². The Kier molecular flexibility index (Phi) is 7.25. The Labute approximate surface area is 321 Å². The third-order valence-corrected chi connectivity index (χ3v) is 24.5. The van der Waals surface area contributed by atoms with Crippen LogP contribution in [-0.4, -0.2) is 16.1 Å². The SMILES string of the molecule is c1ccc([Si]2(c3ccc4c(c3)-c3cc([Si]5(c6ccccc6)c6ccccc6Sc6ccccc65)ccc3C4)c3ccccc3Sc3ccccc32)cc1. The summed E-state index contributed by atoms with van der Waals surface area (Å²) in [6.07, 6.45) is 0.969. The van der Waals surface area contributed by atoms with Crippen LogP contribution in [0.4, 0.5) is 0 Å². The number of hydrogen-bond donors (Lipinski definition) is 0. The van der Waals surface area contributed by atoms with Gasteiger partial charge in [0.25, 0.3) is 0 Å². The molecule has 250 valence electrons. The molecule has 0 aromatic heterocycles. The lowest BCUT2D eigenvalue weighted by Crippen LogP contribution is -2.76. The predicted octanol–water partition coefficient (Wildman–Crippen LogP) is 6.94. The summed E-state index contributed by atoms with van der Waals surface area (Å²) in [4.78, 5) is 5.53. The van der Waals surface area contributed by atoms with E-state index in [0.29, 0.717) is 0 Å². The van der Waals surface area contributed by atoms with Gasteiger partial charge in [-0.05, 0) is 94.4 Å². The second-order valence-corrected chi connectivity index (χ2v) is 24.0. The van der Waals surface area contributed by atoms with E-state index in [1.165, 1.54) is 83.3 Å². The van der Waals surface area contributed by atoms with Gasteiger partial charge in [-0.2, -0.15) is 0 Å². The number of fused-ring (bicyclic) bond motifs is 7. The minimum Gasteiger partial charge on any atom is -0.0903 e. The van der Waals surface area contributed by atoms with Crippen molar-refractivity contribution in [2.75, 3.05) is 0 Å². The van der Waals surface area contributed by atoms with Crippen molar-refractivity contribution in [3.8, 4) is 11.1 Å². The highest BCUT2D eigenvalue weighted by Crippen LogP contribution is 2.39. The van der Waals surface area contributed by atoms with Gasteiger partial charge >= 0.3 is 0 Å². The zero-order chi connectivity index (χ0) is 35.0. The van der Waals surface area contributed by atoms with Crippen LogP contribution < -0.4 is 41.5 Å². The first-order chi connectivity index (χ1) is 26.3. The van der Waals surface area contributed by atoms with Crippen molar-refractivity contribution in [1.82, 2.24) is 0 Å². The monoisotopic (exact) mass is 742 g/mol. The van der Waals surface area contributed by atoms with E-state index in [9.17, 15) is 0 Å². The van der Waals surface area contributed by atoms with Gasteiger partial charge in [-0.3, -0.25) is 0 Å². The molecule has 1 aliphatic carbocycles. The molecule has 11 rings (SSSR count). The van der Waals surface area contributed by atoms with Gasteiger partial charge in [0.2, 0.25) is 0 Å². The Morgan fingerprint density at radius 3 is 0.981 bits per heavy atom. The van der Waals surface area contributed by atoms with Crippen molar-refractivity contribution in [3.05, 3.63) is 205 Å². The zero-order valence-corrected chi connectivity index (χ0v) is 32.6. The molecule has 0 N–H and O–H groups in total. The maximum atomic E-state index is 2.61. The van der Waals surface area contributed by atoms with Crippen LogP contribution in [0, 0.1) is 0 Å². The second kappa shape index (κ2) is 12.2. The van der Waals surface area contributed by atoms with Gasteiger partial charge in [0.1, 0.15) is 0 Å². The molecular weight excluding hydrogens is 709 g/mol. The minimum atomic E-state index is -2.66. The van der Waals surface area contributed by atoms with Crippen molar-refractivity contribution >= 4 is 81.2 Å². The molecule has 0 atom stereocenters. The van der Waals surface area contributed by atoms with Gasteiger partial charge in [0.05, 0.1) is 0 Å². The Balaban J connectivity index is 1.18. The maximum absolute atomic E-state index is 2.66. The van der Waals surface area contributed by atoms with Crippen molar-refractivity contribution in [3.63, 3.8) is 0 Å². The van der Waals surface area contributed by atoms with Gasteiger partial charge in [0.15, 0.2) is 16.1 Å². The Bertz CT molecular complexity index is 2440. The molecule has 0 radical (unpaired) electrons. The lowest BCUT2D eigenvalue weighted by atomic mass is 10.1. The molecular formula is C49H34S2Si2. The summed E-state index contributed by atoms with van der Waals surface area (Å²) in [5.41, 5.74) is 5.67. The van der Waals surface area contributed by atoms with Crippen molar-refractivity contribution < 1.29 is 0 Å². The van der Waals surface area contributed by atoms with Gasteiger partial charge in [-0.15, -0.1) is 0 Å². The number of benzene rings is 8. The van der Waals surface area contributed by atoms with Crippen LogP contribution in [0.3, 0.4) is 0 Å². The fourth-order valence-corrected chi connectivity index (χ4v) is 23.5. The molecule has 2 heterocycles. The lowest BCUT2D eigenvalue weighted by Gasteiger charge is -2.40. The molecule has 8 aromatic carbocycles. The highest BCUT2D eigenvalue weighted by atomic mass is 32.2. The van der Waals surface area contributed by atoms with Gasteiger partial charge in [-0.1, -0.05) is 193 Å². The van der Waals surface area contributed by atoms with Gasteiger partial charge in [-0.25, -0.2) is 0 Å². The second-order valence-electron chi connectivity index (χ2n) is 14.3. The predicted molar refractivity (Wildman–Crippen MR) is 230 cm³/mol. The summed E-state index contributed by atoms with van der Waals surface area (Å²) in [5, 5.41) is 11.8. The topological polar surface area (TPSA) is 0 Å². The molecule has 4 heteroatoms. The molecule has 0 amide bonds. The zero-order valence-electron chi connectivity index (χ0n) is 29.0. The first-order valence-electron chi connectivity index (χ1n) is 18.4. The fourth-order valence-electron chi connectivity index (χ4n) is 9.58. The van der Waals surface area contributed by atoms with E-state index in [-0.39, 0.29) is 0 Å². The average molecular weight is 743 g/mol. The third-order valence-electron chi connectivity index (χ3n) is 11.8. The van der Waals surface area contributed by atoms with Crippen LogP contribution in [0.1, 0.15) is 11.1 Å². The van der Waals surface area contributed by atoms with Crippen LogP contribution in [-0.2, 0) is 6.42 Å². The van der Waals surface area contributed by atoms with Crippen molar-refractivity contribution in [2.45, 2.75) is 26.0 Å². The molecule has 3 aliphatic rings. The Morgan fingerprint density at radius 1 is 0.302 bits per heavy atom. The van der Waals surface area contributed by atoms with E-state index in [4.69, 9.17) is 0 Å². The van der Waals surface area contributed by atoms with E-state index in [0.717, 1.165) is 6.42 Å².